The fourth-order valence-corrected chi connectivity index (χ4v) is 4.39. The topological polar surface area (TPSA) is 83.8 Å². The lowest BCUT2D eigenvalue weighted by Gasteiger charge is -2.18. The van der Waals surface area contributed by atoms with Gasteiger partial charge in [0.1, 0.15) is 5.76 Å². The van der Waals surface area contributed by atoms with Crippen molar-refractivity contribution in [1.29, 1.82) is 0 Å². The zero-order chi connectivity index (χ0) is 28.9. The van der Waals surface area contributed by atoms with E-state index < -0.39 is 11.9 Å². The second-order valence-corrected chi connectivity index (χ2v) is 9.21. The van der Waals surface area contributed by atoms with Crippen LogP contribution < -0.4 is 0 Å². The zero-order valence-corrected chi connectivity index (χ0v) is 22.4. The molecule has 0 fully saturated rings. The van der Waals surface area contributed by atoms with Gasteiger partial charge >= 0.3 is 11.9 Å². The molecule has 4 aromatic carbocycles. The van der Waals surface area contributed by atoms with Crippen molar-refractivity contribution in [1.82, 2.24) is 0 Å². The van der Waals surface area contributed by atoms with Gasteiger partial charge in [-0.3, -0.25) is 0 Å². The van der Waals surface area contributed by atoms with E-state index in [0.717, 1.165) is 51.1 Å². The summed E-state index contributed by atoms with van der Waals surface area (Å²) in [5.74, 6) is -1.33. The molecule has 0 aliphatic carbocycles. The Labute approximate surface area is 239 Å². The van der Waals surface area contributed by atoms with Crippen LogP contribution in [0.5, 0.6) is 0 Å². The molecule has 0 aromatic heterocycles. The number of hydrogen-bond donors (Lipinski definition) is 2. The number of aliphatic carboxylic acids is 2. The van der Waals surface area contributed by atoms with E-state index >= 15 is 0 Å². The second kappa shape index (κ2) is 14.7. The molecule has 0 atom stereocenters. The van der Waals surface area contributed by atoms with Crippen LogP contribution in [0.25, 0.3) is 23.8 Å². The lowest BCUT2D eigenvalue weighted by atomic mass is 9.91. The summed E-state index contributed by atoms with van der Waals surface area (Å²) in [4.78, 5) is 22.4. The predicted octanol–water partition coefficient (Wildman–Crippen LogP) is 7.77. The van der Waals surface area contributed by atoms with Gasteiger partial charge < -0.3 is 14.9 Å². The minimum Gasteiger partial charge on any atom is -0.478 e. The molecule has 5 nitrogen and oxygen atoms in total. The summed E-state index contributed by atoms with van der Waals surface area (Å²) in [5, 5.41) is 18.4. The van der Waals surface area contributed by atoms with E-state index in [2.05, 4.69) is 12.1 Å². The molecule has 41 heavy (non-hydrogen) atoms. The molecule has 5 heteroatoms. The number of allylic oxidation sites excluding steroid dienone is 2. The molecule has 0 bridgehead atoms. The maximum atomic E-state index is 11.3. The first-order valence-corrected chi connectivity index (χ1v) is 13.1. The van der Waals surface area contributed by atoms with Gasteiger partial charge in [-0.15, -0.1) is 0 Å². The number of rotatable bonds is 12. The first kappa shape index (κ1) is 28.6. The Morgan fingerprint density at radius 3 is 1.61 bits per heavy atom. The quantitative estimate of drug-likeness (QED) is 0.141. The van der Waals surface area contributed by atoms with Crippen LogP contribution >= 0.6 is 0 Å². The van der Waals surface area contributed by atoms with Crippen LogP contribution in [0.3, 0.4) is 0 Å². The van der Waals surface area contributed by atoms with Crippen LogP contribution in [-0.2, 0) is 27.2 Å². The van der Waals surface area contributed by atoms with E-state index in [4.69, 9.17) is 9.84 Å². The molecule has 0 saturated heterocycles. The Kier molecular flexibility index (Phi) is 10.2. The molecular weight excluding hydrogens is 512 g/mol. The van der Waals surface area contributed by atoms with Crippen LogP contribution in [0.1, 0.15) is 33.4 Å². The third-order valence-corrected chi connectivity index (χ3v) is 6.32. The smallest absolute Gasteiger partial charge is 0.328 e. The van der Waals surface area contributed by atoms with Crippen LogP contribution in [-0.4, -0.2) is 22.2 Å². The Morgan fingerprint density at radius 2 is 1.02 bits per heavy atom. The van der Waals surface area contributed by atoms with Crippen LogP contribution in [0, 0.1) is 0 Å². The SMILES string of the molecule is O=C(O)C=Cc1ccccc1C=COC(Cc1ccccc1)=C(Cc1ccccc1)c1ccccc1C=CC(=O)O. The van der Waals surface area contributed by atoms with Gasteiger partial charge in [-0.25, -0.2) is 9.59 Å². The summed E-state index contributed by atoms with van der Waals surface area (Å²) in [6, 6.07) is 35.2. The van der Waals surface area contributed by atoms with Crippen LogP contribution in [0.15, 0.2) is 133 Å². The van der Waals surface area contributed by atoms with Crippen molar-refractivity contribution in [2.75, 3.05) is 0 Å². The van der Waals surface area contributed by atoms with Crippen molar-refractivity contribution in [3.63, 3.8) is 0 Å². The van der Waals surface area contributed by atoms with Crippen LogP contribution in [0.2, 0.25) is 0 Å². The summed E-state index contributed by atoms with van der Waals surface area (Å²) >= 11 is 0. The average Bonchev–Trinajstić information content (AvgIpc) is 2.99. The Morgan fingerprint density at radius 1 is 0.561 bits per heavy atom. The normalized spacial score (nSPS) is 12.1. The fourth-order valence-electron chi connectivity index (χ4n) is 4.39. The third-order valence-electron chi connectivity index (χ3n) is 6.32. The van der Waals surface area contributed by atoms with E-state index in [9.17, 15) is 14.7 Å². The largest absolute Gasteiger partial charge is 0.478 e. The Bertz CT molecular complexity index is 1600. The Hall–Kier alpha value is -5.42. The van der Waals surface area contributed by atoms with E-state index in [-0.39, 0.29) is 0 Å². The Balaban J connectivity index is 1.83. The van der Waals surface area contributed by atoms with Crippen molar-refractivity contribution < 1.29 is 24.5 Å². The number of carboxylic acid groups (broad SMARTS) is 2. The van der Waals surface area contributed by atoms with Crippen molar-refractivity contribution >= 4 is 35.7 Å². The first-order valence-electron chi connectivity index (χ1n) is 13.1. The fraction of sp³-hybridized carbons (Fsp3) is 0.0556. The molecule has 0 spiro atoms. The van der Waals surface area contributed by atoms with Gasteiger partial charge in [0.05, 0.1) is 6.26 Å². The third kappa shape index (κ3) is 8.80. The second-order valence-electron chi connectivity index (χ2n) is 9.21. The maximum absolute atomic E-state index is 11.3. The summed E-state index contributed by atoms with van der Waals surface area (Å²) < 4.78 is 6.42. The van der Waals surface area contributed by atoms with E-state index in [0.29, 0.717) is 18.6 Å². The molecule has 0 saturated carbocycles. The number of hydrogen-bond acceptors (Lipinski definition) is 3. The molecule has 0 amide bonds. The van der Waals surface area contributed by atoms with Crippen LogP contribution in [0.4, 0.5) is 0 Å². The van der Waals surface area contributed by atoms with Gasteiger partial charge in [-0.2, -0.15) is 0 Å². The maximum Gasteiger partial charge on any atom is 0.328 e. The minimum absolute atomic E-state index is 0.505. The molecule has 0 heterocycles. The highest BCUT2D eigenvalue weighted by Crippen LogP contribution is 2.30. The summed E-state index contributed by atoms with van der Waals surface area (Å²) in [6.07, 6.45) is 9.89. The van der Waals surface area contributed by atoms with Gasteiger partial charge in [0, 0.05) is 30.6 Å². The first-order chi connectivity index (χ1) is 20.0. The van der Waals surface area contributed by atoms with E-state index in [1.165, 1.54) is 0 Å². The lowest BCUT2D eigenvalue weighted by Crippen LogP contribution is -2.03. The molecule has 2 N–H and O–H groups in total. The van der Waals surface area contributed by atoms with Crippen molar-refractivity contribution in [3.05, 3.63) is 167 Å². The molecule has 0 aliphatic rings. The summed E-state index contributed by atoms with van der Waals surface area (Å²) in [5.41, 5.74) is 6.26. The highest BCUT2D eigenvalue weighted by atomic mass is 16.5. The molecule has 204 valence electrons. The molecule has 0 radical (unpaired) electrons. The van der Waals surface area contributed by atoms with Crippen molar-refractivity contribution in [2.24, 2.45) is 0 Å². The molecular formula is C36H30O5. The minimum atomic E-state index is -1.02. The number of benzene rings is 4. The summed E-state index contributed by atoms with van der Waals surface area (Å²) in [6.45, 7) is 0. The predicted molar refractivity (Wildman–Crippen MR) is 164 cm³/mol. The average molecular weight is 543 g/mol. The standard InChI is InChI=1S/C36H30O5/c37-35(38)21-19-29-15-7-8-16-30(29)23-24-41-34(26-28-13-5-2-6-14-28)33(25-27-11-3-1-4-12-27)32-18-10-9-17-31(32)20-22-36(39)40/h1-24H,25-26H2,(H,37,38)(H,39,40). The van der Waals surface area contributed by atoms with E-state index in [1.807, 2.05) is 103 Å². The van der Waals surface area contributed by atoms with Crippen molar-refractivity contribution in [2.45, 2.75) is 12.8 Å². The van der Waals surface area contributed by atoms with Gasteiger partial charge in [-0.05, 0) is 51.6 Å². The molecule has 4 rings (SSSR count). The molecule has 0 aliphatic heterocycles. The molecule has 4 aromatic rings. The van der Waals surface area contributed by atoms with Crippen molar-refractivity contribution in [3.8, 4) is 0 Å². The zero-order valence-electron chi connectivity index (χ0n) is 22.4. The van der Waals surface area contributed by atoms with Gasteiger partial charge in [-0.1, -0.05) is 109 Å². The lowest BCUT2D eigenvalue weighted by molar-refractivity contribution is -0.132. The number of carbonyl (C=O) groups is 2. The molecule has 0 unspecified atom stereocenters. The number of ether oxygens (including phenoxy) is 1. The summed E-state index contributed by atoms with van der Waals surface area (Å²) in [7, 11) is 0. The monoisotopic (exact) mass is 542 g/mol. The number of carboxylic acids is 2. The van der Waals surface area contributed by atoms with Gasteiger partial charge in [0.15, 0.2) is 0 Å². The van der Waals surface area contributed by atoms with Gasteiger partial charge in [0.25, 0.3) is 0 Å². The highest BCUT2D eigenvalue weighted by Gasteiger charge is 2.15. The van der Waals surface area contributed by atoms with Gasteiger partial charge in [0.2, 0.25) is 0 Å². The highest BCUT2D eigenvalue weighted by molar-refractivity contribution is 5.88. The van der Waals surface area contributed by atoms with E-state index in [1.54, 1.807) is 18.4 Å².